The molecule has 0 aliphatic carbocycles. The number of piperidine rings is 2. The van der Waals surface area contributed by atoms with Crippen molar-refractivity contribution in [2.45, 2.75) is 51.6 Å². The smallest absolute Gasteiger partial charge is 0.144 e. The molecule has 0 aromatic carbocycles. The van der Waals surface area contributed by atoms with Gasteiger partial charge >= 0.3 is 0 Å². The third-order valence-corrected chi connectivity index (χ3v) is 5.45. The second-order valence-corrected chi connectivity index (χ2v) is 7.43. The molecule has 2 saturated heterocycles. The first-order chi connectivity index (χ1) is 11.6. The molecular formula is C19H29N5. The molecular weight excluding hydrogens is 298 g/mol. The molecule has 3 heterocycles. The van der Waals surface area contributed by atoms with Gasteiger partial charge in [-0.05, 0) is 77.8 Å². The lowest BCUT2D eigenvalue weighted by molar-refractivity contribution is 0.0978. The lowest BCUT2D eigenvalue weighted by Crippen LogP contribution is -2.50. The number of hydrogen-bond acceptors (Lipinski definition) is 5. The van der Waals surface area contributed by atoms with E-state index in [1.54, 1.807) is 0 Å². The van der Waals surface area contributed by atoms with Crippen molar-refractivity contribution in [3.8, 4) is 6.07 Å². The van der Waals surface area contributed by atoms with Crippen LogP contribution in [0.2, 0.25) is 0 Å². The highest BCUT2D eigenvalue weighted by atomic mass is 15.2. The van der Waals surface area contributed by atoms with E-state index in [-0.39, 0.29) is 0 Å². The Morgan fingerprint density at radius 2 is 1.96 bits per heavy atom. The van der Waals surface area contributed by atoms with Crippen LogP contribution in [0.15, 0.2) is 6.07 Å². The molecule has 1 aromatic rings. The van der Waals surface area contributed by atoms with Gasteiger partial charge in [0.15, 0.2) is 0 Å². The summed E-state index contributed by atoms with van der Waals surface area (Å²) in [5, 5.41) is 13.0. The van der Waals surface area contributed by atoms with Gasteiger partial charge in [0.1, 0.15) is 11.9 Å². The summed E-state index contributed by atoms with van der Waals surface area (Å²) in [7, 11) is 2.21. The number of nitriles is 1. The molecule has 0 saturated carbocycles. The van der Waals surface area contributed by atoms with Crippen molar-refractivity contribution in [2.75, 3.05) is 38.5 Å². The van der Waals surface area contributed by atoms with Crippen molar-refractivity contribution in [3.05, 3.63) is 22.9 Å². The molecule has 0 amide bonds. The Morgan fingerprint density at radius 3 is 2.67 bits per heavy atom. The first kappa shape index (κ1) is 17.2. The van der Waals surface area contributed by atoms with E-state index in [9.17, 15) is 5.26 Å². The minimum Gasteiger partial charge on any atom is -0.365 e. The van der Waals surface area contributed by atoms with Crippen LogP contribution in [0.3, 0.4) is 0 Å². The highest BCUT2D eigenvalue weighted by molar-refractivity contribution is 5.56. The van der Waals surface area contributed by atoms with Gasteiger partial charge in [-0.3, -0.25) is 4.90 Å². The van der Waals surface area contributed by atoms with Crippen LogP contribution in [0.1, 0.15) is 42.5 Å². The van der Waals surface area contributed by atoms with Crippen LogP contribution in [0.5, 0.6) is 0 Å². The molecule has 130 valence electrons. The molecule has 24 heavy (non-hydrogen) atoms. The lowest BCUT2D eigenvalue weighted by atomic mass is 9.98. The van der Waals surface area contributed by atoms with Crippen LogP contribution in [0.25, 0.3) is 0 Å². The van der Waals surface area contributed by atoms with Gasteiger partial charge in [-0.15, -0.1) is 0 Å². The fourth-order valence-electron chi connectivity index (χ4n) is 4.09. The van der Waals surface area contributed by atoms with E-state index in [2.05, 4.69) is 33.2 Å². The number of anilines is 1. The number of likely N-dealkylation sites (tertiary alicyclic amines) is 2. The Labute approximate surface area is 145 Å². The van der Waals surface area contributed by atoms with Gasteiger partial charge in [-0.25, -0.2) is 4.98 Å². The summed E-state index contributed by atoms with van der Waals surface area (Å²) < 4.78 is 0. The molecule has 1 aromatic heterocycles. The van der Waals surface area contributed by atoms with Crippen molar-refractivity contribution < 1.29 is 0 Å². The summed E-state index contributed by atoms with van der Waals surface area (Å²) in [6.07, 6.45) is 4.92. The quantitative estimate of drug-likeness (QED) is 0.924. The van der Waals surface area contributed by atoms with E-state index in [0.29, 0.717) is 17.6 Å². The van der Waals surface area contributed by atoms with E-state index >= 15 is 0 Å². The predicted octanol–water partition coefficient (Wildman–Crippen LogP) is 2.54. The summed E-state index contributed by atoms with van der Waals surface area (Å²) in [5.74, 6) is 0.769. The number of aryl methyl sites for hydroxylation is 2. The summed E-state index contributed by atoms with van der Waals surface area (Å²) in [6, 6.07) is 5.40. The Bertz CT molecular complexity index is 613. The van der Waals surface area contributed by atoms with Crippen LogP contribution in [-0.2, 0) is 0 Å². The van der Waals surface area contributed by atoms with E-state index < -0.39 is 0 Å². The number of pyridine rings is 1. The summed E-state index contributed by atoms with van der Waals surface area (Å²) >= 11 is 0. The number of nitrogens with one attached hydrogen (secondary N) is 1. The standard InChI is InChI=1S/C19H29N5/c1-14-11-15(2)21-19(18(14)12-20)22-16-5-4-8-24(13-16)17-6-9-23(3)10-7-17/h11,16-17H,4-10,13H2,1-3H3,(H,21,22)/t16-/m1/s1. The topological polar surface area (TPSA) is 55.2 Å². The first-order valence-corrected chi connectivity index (χ1v) is 9.14. The zero-order valence-corrected chi connectivity index (χ0v) is 15.2. The molecule has 2 aliphatic rings. The van der Waals surface area contributed by atoms with Crippen LogP contribution < -0.4 is 5.32 Å². The van der Waals surface area contributed by atoms with Crippen molar-refractivity contribution in [2.24, 2.45) is 0 Å². The van der Waals surface area contributed by atoms with Crippen molar-refractivity contribution in [3.63, 3.8) is 0 Å². The molecule has 3 rings (SSSR count). The number of hydrogen-bond donors (Lipinski definition) is 1. The van der Waals surface area contributed by atoms with Crippen LogP contribution in [0, 0.1) is 25.2 Å². The minimum absolute atomic E-state index is 0.388. The van der Waals surface area contributed by atoms with Gasteiger partial charge in [0.2, 0.25) is 0 Å². The normalized spacial score (nSPS) is 23.8. The van der Waals surface area contributed by atoms with Gasteiger partial charge in [-0.1, -0.05) is 0 Å². The maximum Gasteiger partial charge on any atom is 0.144 e. The number of rotatable bonds is 3. The molecule has 0 bridgehead atoms. The maximum atomic E-state index is 9.46. The second kappa shape index (κ2) is 7.50. The van der Waals surface area contributed by atoms with E-state index in [4.69, 9.17) is 0 Å². The number of aromatic nitrogens is 1. The molecule has 2 aliphatic heterocycles. The molecule has 5 heteroatoms. The van der Waals surface area contributed by atoms with E-state index in [0.717, 1.165) is 30.0 Å². The van der Waals surface area contributed by atoms with Crippen molar-refractivity contribution in [1.82, 2.24) is 14.8 Å². The lowest BCUT2D eigenvalue weighted by Gasteiger charge is -2.42. The van der Waals surface area contributed by atoms with Crippen molar-refractivity contribution in [1.29, 1.82) is 5.26 Å². The molecule has 2 fully saturated rings. The van der Waals surface area contributed by atoms with Crippen LogP contribution in [-0.4, -0.2) is 60.1 Å². The zero-order valence-electron chi connectivity index (χ0n) is 15.2. The average Bonchev–Trinajstić information content (AvgIpc) is 2.55. The summed E-state index contributed by atoms with van der Waals surface area (Å²) in [5.41, 5.74) is 2.67. The Balaban J connectivity index is 1.67. The van der Waals surface area contributed by atoms with Gasteiger partial charge in [0.05, 0.1) is 5.56 Å². The SMILES string of the molecule is Cc1cc(C)c(C#N)c(N[C@@H]2CCCN(C3CCN(C)CC3)C2)n1. The third kappa shape index (κ3) is 3.88. The first-order valence-electron chi connectivity index (χ1n) is 9.14. The largest absolute Gasteiger partial charge is 0.365 e. The van der Waals surface area contributed by atoms with Gasteiger partial charge < -0.3 is 10.2 Å². The van der Waals surface area contributed by atoms with Gasteiger partial charge in [-0.2, -0.15) is 5.26 Å². The molecule has 1 atom stereocenters. The second-order valence-electron chi connectivity index (χ2n) is 7.43. The Morgan fingerprint density at radius 1 is 1.21 bits per heavy atom. The molecule has 1 N–H and O–H groups in total. The van der Waals surface area contributed by atoms with E-state index in [1.807, 2.05) is 19.9 Å². The van der Waals surface area contributed by atoms with Gasteiger partial charge in [0, 0.05) is 24.3 Å². The number of nitrogens with zero attached hydrogens (tertiary/aromatic N) is 4. The predicted molar refractivity (Wildman–Crippen MR) is 97.2 cm³/mol. The highest BCUT2D eigenvalue weighted by Crippen LogP contribution is 2.24. The van der Waals surface area contributed by atoms with Crippen LogP contribution >= 0.6 is 0 Å². The van der Waals surface area contributed by atoms with Crippen molar-refractivity contribution >= 4 is 5.82 Å². The molecule has 5 nitrogen and oxygen atoms in total. The molecule has 0 unspecified atom stereocenters. The Kier molecular flexibility index (Phi) is 5.37. The fourth-order valence-corrected chi connectivity index (χ4v) is 4.09. The average molecular weight is 327 g/mol. The highest BCUT2D eigenvalue weighted by Gasteiger charge is 2.28. The summed E-state index contributed by atoms with van der Waals surface area (Å²) in [4.78, 5) is 9.67. The van der Waals surface area contributed by atoms with E-state index in [1.165, 1.54) is 38.9 Å². The van der Waals surface area contributed by atoms with Gasteiger partial charge in [0.25, 0.3) is 0 Å². The molecule has 0 spiro atoms. The maximum absolute atomic E-state index is 9.46. The minimum atomic E-state index is 0.388. The zero-order chi connectivity index (χ0) is 17.1. The summed E-state index contributed by atoms with van der Waals surface area (Å²) in [6.45, 7) is 8.66. The monoisotopic (exact) mass is 327 g/mol. The fraction of sp³-hybridized carbons (Fsp3) is 0.684. The Hall–Kier alpha value is -1.64. The third-order valence-electron chi connectivity index (χ3n) is 5.45. The van der Waals surface area contributed by atoms with Crippen LogP contribution in [0.4, 0.5) is 5.82 Å². The molecule has 0 radical (unpaired) electrons.